The van der Waals surface area contributed by atoms with Crippen LogP contribution in [0.4, 0.5) is 0 Å². The Balaban J connectivity index is 2.01. The Morgan fingerprint density at radius 3 is 3.00 bits per heavy atom. The Morgan fingerprint density at radius 2 is 2.18 bits per heavy atom. The number of aryl methyl sites for hydroxylation is 1. The smallest absolute Gasteiger partial charge is 0.196 e. The predicted molar refractivity (Wildman–Crippen MR) is 81.4 cm³/mol. The van der Waals surface area contributed by atoms with Crippen LogP contribution in [-0.4, -0.2) is 30.2 Å². The minimum Gasteiger partial charge on any atom is -0.493 e. The van der Waals surface area contributed by atoms with Gasteiger partial charge in [0.25, 0.3) is 0 Å². The van der Waals surface area contributed by atoms with Crippen LogP contribution in [-0.2, 0) is 16.6 Å². The van der Waals surface area contributed by atoms with Crippen molar-refractivity contribution < 1.29 is 19.4 Å². The van der Waals surface area contributed by atoms with Gasteiger partial charge >= 0.3 is 0 Å². The summed E-state index contributed by atoms with van der Waals surface area (Å²) in [5, 5.41) is 10.8. The summed E-state index contributed by atoms with van der Waals surface area (Å²) in [5.41, 5.74) is 1.53. The third-order valence-electron chi connectivity index (χ3n) is 5.36. The molecule has 3 atom stereocenters. The van der Waals surface area contributed by atoms with Gasteiger partial charge in [0.1, 0.15) is 0 Å². The highest BCUT2D eigenvalue weighted by atomic mass is 16.5. The number of methoxy groups -OCH3 is 1. The van der Waals surface area contributed by atoms with Crippen molar-refractivity contribution in [2.75, 3.05) is 7.11 Å². The fraction of sp³-hybridized carbons (Fsp3) is 0.500. The van der Waals surface area contributed by atoms with Crippen molar-refractivity contribution >= 4 is 5.78 Å². The number of benzene rings is 1. The molecule has 2 aliphatic carbocycles. The first-order valence-electron chi connectivity index (χ1n) is 7.95. The average Bonchev–Trinajstić information content (AvgIpc) is 2.86. The number of aliphatic hydroxyl groups is 1. The average molecular weight is 300 g/mol. The standard InChI is InChI=1S/C18H20O4/c1-21-13-8-6-11-5-3-2-4-10-18-14(20)9-7-12(19)17(18)22-16(13)15(11)18/h6-9,14,17,20H,2-5,10H2,1H3. The second kappa shape index (κ2) is 4.85. The van der Waals surface area contributed by atoms with Gasteiger partial charge in [-0.1, -0.05) is 25.0 Å². The van der Waals surface area contributed by atoms with Gasteiger partial charge < -0.3 is 14.6 Å². The predicted octanol–water partition coefficient (Wildman–Crippen LogP) is 2.31. The lowest BCUT2D eigenvalue weighted by Gasteiger charge is -2.40. The van der Waals surface area contributed by atoms with Crippen LogP contribution in [0.5, 0.6) is 11.5 Å². The van der Waals surface area contributed by atoms with Crippen LogP contribution in [0.3, 0.4) is 0 Å². The maximum Gasteiger partial charge on any atom is 0.196 e. The van der Waals surface area contributed by atoms with E-state index in [0.29, 0.717) is 11.5 Å². The molecule has 0 fully saturated rings. The molecule has 3 unspecified atom stereocenters. The number of carbonyl (C=O) groups excluding carboxylic acids is 1. The van der Waals surface area contributed by atoms with Crippen LogP contribution in [0, 0.1) is 0 Å². The van der Waals surface area contributed by atoms with E-state index in [1.54, 1.807) is 13.2 Å². The van der Waals surface area contributed by atoms with Crippen LogP contribution in [0.2, 0.25) is 0 Å². The molecule has 0 radical (unpaired) electrons. The summed E-state index contributed by atoms with van der Waals surface area (Å²) in [7, 11) is 1.61. The van der Waals surface area contributed by atoms with Gasteiger partial charge in [0, 0.05) is 5.56 Å². The third-order valence-corrected chi connectivity index (χ3v) is 5.36. The largest absolute Gasteiger partial charge is 0.493 e. The molecule has 0 amide bonds. The van der Waals surface area contributed by atoms with Gasteiger partial charge in [-0.3, -0.25) is 4.79 Å². The topological polar surface area (TPSA) is 55.8 Å². The molecule has 4 heteroatoms. The van der Waals surface area contributed by atoms with E-state index in [0.717, 1.165) is 37.7 Å². The molecule has 116 valence electrons. The Morgan fingerprint density at radius 1 is 1.32 bits per heavy atom. The molecule has 0 aromatic heterocycles. The first kappa shape index (κ1) is 13.8. The summed E-state index contributed by atoms with van der Waals surface area (Å²) in [4.78, 5) is 12.4. The lowest BCUT2D eigenvalue weighted by atomic mass is 9.63. The first-order valence-corrected chi connectivity index (χ1v) is 7.95. The molecule has 22 heavy (non-hydrogen) atoms. The third kappa shape index (κ3) is 1.64. The monoisotopic (exact) mass is 300 g/mol. The molecule has 1 aromatic rings. The molecule has 0 saturated heterocycles. The molecule has 4 nitrogen and oxygen atoms in total. The summed E-state index contributed by atoms with van der Waals surface area (Å²) in [5.74, 6) is 1.24. The van der Waals surface area contributed by atoms with Crippen LogP contribution in [0.1, 0.15) is 36.8 Å². The molecule has 1 spiro atoms. The lowest BCUT2D eigenvalue weighted by Crippen LogP contribution is -2.53. The molecule has 1 N–H and O–H groups in total. The molecule has 4 rings (SSSR count). The van der Waals surface area contributed by atoms with Crippen molar-refractivity contribution in [3.05, 3.63) is 35.4 Å². The highest BCUT2D eigenvalue weighted by Gasteiger charge is 2.58. The Labute approximate surface area is 129 Å². The Bertz CT molecular complexity index is 663. The minimum atomic E-state index is -0.694. The Hall–Kier alpha value is -1.81. The van der Waals surface area contributed by atoms with Gasteiger partial charge in [0.05, 0.1) is 18.6 Å². The maximum atomic E-state index is 12.4. The molecule has 1 aliphatic heterocycles. The highest BCUT2D eigenvalue weighted by Crippen LogP contribution is 2.56. The maximum absolute atomic E-state index is 12.4. The number of ketones is 1. The van der Waals surface area contributed by atoms with E-state index in [1.807, 2.05) is 6.07 Å². The van der Waals surface area contributed by atoms with Gasteiger partial charge in [0.15, 0.2) is 23.4 Å². The first-order chi connectivity index (χ1) is 10.7. The number of rotatable bonds is 1. The molecule has 3 aliphatic rings. The Kier molecular flexibility index (Phi) is 3.05. The van der Waals surface area contributed by atoms with Gasteiger partial charge in [0.2, 0.25) is 0 Å². The van der Waals surface area contributed by atoms with E-state index in [4.69, 9.17) is 9.47 Å². The fourth-order valence-corrected chi connectivity index (χ4v) is 4.33. The van der Waals surface area contributed by atoms with Gasteiger partial charge in [-0.25, -0.2) is 0 Å². The van der Waals surface area contributed by atoms with Crippen LogP contribution >= 0.6 is 0 Å². The zero-order chi connectivity index (χ0) is 15.3. The molecular formula is C18H20O4. The van der Waals surface area contributed by atoms with Gasteiger partial charge in [-0.15, -0.1) is 0 Å². The summed E-state index contributed by atoms with van der Waals surface area (Å²) in [6.07, 6.45) is 6.71. The molecule has 1 heterocycles. The molecule has 0 saturated carbocycles. The number of aliphatic hydroxyl groups excluding tert-OH is 1. The van der Waals surface area contributed by atoms with E-state index in [-0.39, 0.29) is 5.78 Å². The SMILES string of the molecule is COc1ccc2c3c1OC1C(=O)C=CC(O)C31CCCCC2. The highest BCUT2D eigenvalue weighted by molar-refractivity contribution is 5.98. The number of hydrogen-bond donors (Lipinski definition) is 1. The van der Waals surface area contributed by atoms with E-state index in [2.05, 4.69) is 6.07 Å². The second-order valence-corrected chi connectivity index (χ2v) is 6.44. The number of carbonyl (C=O) groups is 1. The van der Waals surface area contributed by atoms with Crippen LogP contribution < -0.4 is 9.47 Å². The van der Waals surface area contributed by atoms with Gasteiger partial charge in [-0.2, -0.15) is 0 Å². The minimum absolute atomic E-state index is 0.0601. The van der Waals surface area contributed by atoms with E-state index >= 15 is 0 Å². The summed E-state index contributed by atoms with van der Waals surface area (Å²) < 4.78 is 11.5. The van der Waals surface area contributed by atoms with Crippen molar-refractivity contribution in [3.63, 3.8) is 0 Å². The van der Waals surface area contributed by atoms with Crippen molar-refractivity contribution in [1.82, 2.24) is 0 Å². The zero-order valence-electron chi connectivity index (χ0n) is 12.7. The summed E-state index contributed by atoms with van der Waals surface area (Å²) in [6.45, 7) is 0. The second-order valence-electron chi connectivity index (χ2n) is 6.44. The molecule has 1 aromatic carbocycles. The zero-order valence-corrected chi connectivity index (χ0v) is 12.7. The van der Waals surface area contributed by atoms with Crippen molar-refractivity contribution in [2.45, 2.75) is 49.7 Å². The van der Waals surface area contributed by atoms with Crippen molar-refractivity contribution in [1.29, 1.82) is 0 Å². The number of ether oxygens (including phenoxy) is 2. The van der Waals surface area contributed by atoms with Crippen LogP contribution in [0.25, 0.3) is 0 Å². The van der Waals surface area contributed by atoms with Gasteiger partial charge in [-0.05, 0) is 37.0 Å². The quantitative estimate of drug-likeness (QED) is 0.864. The van der Waals surface area contributed by atoms with E-state index < -0.39 is 17.6 Å². The van der Waals surface area contributed by atoms with Crippen molar-refractivity contribution in [2.24, 2.45) is 0 Å². The lowest BCUT2D eigenvalue weighted by molar-refractivity contribution is -0.126. The van der Waals surface area contributed by atoms with Crippen molar-refractivity contribution in [3.8, 4) is 11.5 Å². The van der Waals surface area contributed by atoms with Crippen LogP contribution in [0.15, 0.2) is 24.3 Å². The van der Waals surface area contributed by atoms with E-state index in [9.17, 15) is 9.90 Å². The summed E-state index contributed by atoms with van der Waals surface area (Å²) in [6, 6.07) is 3.97. The number of hydrogen-bond acceptors (Lipinski definition) is 4. The van der Waals surface area contributed by atoms with E-state index in [1.165, 1.54) is 11.6 Å². The fourth-order valence-electron chi connectivity index (χ4n) is 4.33. The molecule has 0 bridgehead atoms. The summed E-state index contributed by atoms with van der Waals surface area (Å²) >= 11 is 0. The molecular weight excluding hydrogens is 280 g/mol. The normalized spacial score (nSPS) is 32.5.